The maximum atomic E-state index is 3.64. The van der Waals surface area contributed by atoms with Crippen molar-refractivity contribution in [2.45, 2.75) is 46.5 Å². The van der Waals surface area contributed by atoms with Gasteiger partial charge in [-0.25, -0.2) is 0 Å². The van der Waals surface area contributed by atoms with Crippen LogP contribution in [0.15, 0.2) is 28.7 Å². The van der Waals surface area contributed by atoms with E-state index < -0.39 is 0 Å². The van der Waals surface area contributed by atoms with E-state index in [0.717, 1.165) is 19.0 Å². The largest absolute Gasteiger partial charge is 0.316 e. The van der Waals surface area contributed by atoms with Crippen LogP contribution in [0.2, 0.25) is 0 Å². The van der Waals surface area contributed by atoms with Gasteiger partial charge in [0.2, 0.25) is 0 Å². The van der Waals surface area contributed by atoms with Crippen LogP contribution in [-0.4, -0.2) is 13.1 Å². The zero-order chi connectivity index (χ0) is 14.3. The Hall–Kier alpha value is -0.340. The molecule has 0 radical (unpaired) electrons. The van der Waals surface area contributed by atoms with E-state index in [2.05, 4.69) is 73.2 Å². The summed E-state index contributed by atoms with van der Waals surface area (Å²) in [7, 11) is 0. The van der Waals surface area contributed by atoms with Gasteiger partial charge in [-0.2, -0.15) is 0 Å². The smallest absolute Gasteiger partial charge is 0.0178 e. The quantitative estimate of drug-likeness (QED) is 0.691. The third-order valence-electron chi connectivity index (χ3n) is 3.81. The van der Waals surface area contributed by atoms with Gasteiger partial charge in [0.25, 0.3) is 0 Å². The molecular formula is C17H28BrN. The Morgan fingerprint density at radius 2 is 1.79 bits per heavy atom. The highest BCUT2D eigenvalue weighted by Gasteiger charge is 2.20. The van der Waals surface area contributed by atoms with Gasteiger partial charge in [-0.15, -0.1) is 0 Å². The van der Waals surface area contributed by atoms with Gasteiger partial charge in [-0.3, -0.25) is 0 Å². The summed E-state index contributed by atoms with van der Waals surface area (Å²) in [6.45, 7) is 11.3. The molecule has 0 bridgehead atoms. The molecule has 0 amide bonds. The fourth-order valence-corrected chi connectivity index (χ4v) is 3.10. The number of rotatable bonds is 8. The summed E-state index contributed by atoms with van der Waals surface area (Å²) in [6.07, 6.45) is 2.49. The van der Waals surface area contributed by atoms with E-state index in [4.69, 9.17) is 0 Å². The van der Waals surface area contributed by atoms with Crippen LogP contribution in [0.5, 0.6) is 0 Å². The Kier molecular flexibility index (Phi) is 7.70. The zero-order valence-corrected chi connectivity index (χ0v) is 14.3. The van der Waals surface area contributed by atoms with Crippen LogP contribution < -0.4 is 5.32 Å². The van der Waals surface area contributed by atoms with E-state index in [9.17, 15) is 0 Å². The van der Waals surface area contributed by atoms with Crippen molar-refractivity contribution in [2.75, 3.05) is 13.1 Å². The SMILES string of the molecule is CCC(CC)C(CNCC(C)C)c1cccc(Br)c1. The maximum Gasteiger partial charge on any atom is 0.0178 e. The lowest BCUT2D eigenvalue weighted by Crippen LogP contribution is -2.29. The normalized spacial score (nSPS) is 13.2. The Bertz CT molecular complexity index is 358. The van der Waals surface area contributed by atoms with Gasteiger partial charge in [0.05, 0.1) is 0 Å². The first-order chi connectivity index (χ1) is 9.08. The lowest BCUT2D eigenvalue weighted by molar-refractivity contribution is 0.373. The van der Waals surface area contributed by atoms with Crippen molar-refractivity contribution in [1.29, 1.82) is 0 Å². The van der Waals surface area contributed by atoms with Crippen LogP contribution in [0.3, 0.4) is 0 Å². The van der Waals surface area contributed by atoms with E-state index in [1.807, 2.05) is 0 Å². The van der Waals surface area contributed by atoms with Gasteiger partial charge in [0.15, 0.2) is 0 Å². The number of halogens is 1. The van der Waals surface area contributed by atoms with Gasteiger partial charge in [-0.1, -0.05) is 68.6 Å². The lowest BCUT2D eigenvalue weighted by atomic mass is 9.82. The molecule has 2 heteroatoms. The molecule has 0 aliphatic carbocycles. The van der Waals surface area contributed by atoms with Gasteiger partial charge in [-0.05, 0) is 42.0 Å². The van der Waals surface area contributed by atoms with Gasteiger partial charge < -0.3 is 5.32 Å². The summed E-state index contributed by atoms with van der Waals surface area (Å²) in [5.74, 6) is 2.09. The summed E-state index contributed by atoms with van der Waals surface area (Å²) in [5.41, 5.74) is 1.46. The second-order valence-corrected chi connectivity index (χ2v) is 6.71. The third-order valence-corrected chi connectivity index (χ3v) is 4.30. The molecule has 1 aromatic rings. The molecule has 0 heterocycles. The van der Waals surface area contributed by atoms with Crippen molar-refractivity contribution < 1.29 is 0 Å². The van der Waals surface area contributed by atoms with Gasteiger partial charge in [0.1, 0.15) is 0 Å². The molecule has 0 saturated carbocycles. The second kappa shape index (κ2) is 8.76. The average molecular weight is 326 g/mol. The van der Waals surface area contributed by atoms with E-state index in [1.165, 1.54) is 22.9 Å². The molecule has 0 aromatic heterocycles. The molecule has 0 spiro atoms. The fraction of sp³-hybridized carbons (Fsp3) is 0.647. The van der Waals surface area contributed by atoms with Crippen molar-refractivity contribution >= 4 is 15.9 Å². The summed E-state index contributed by atoms with van der Waals surface area (Å²) in [6, 6.07) is 8.80. The minimum atomic E-state index is 0.617. The Labute approximate surface area is 127 Å². The molecule has 1 rings (SSSR count). The molecule has 0 fully saturated rings. The predicted octanol–water partition coefficient (Wildman–Crippen LogP) is 5.21. The average Bonchev–Trinajstić information content (AvgIpc) is 2.38. The standard InChI is InChI=1S/C17H28BrN/c1-5-14(6-2)17(12-19-11-13(3)4)15-8-7-9-16(18)10-15/h7-10,13-14,17,19H,5-6,11-12H2,1-4H3. The first-order valence-electron chi connectivity index (χ1n) is 7.54. The van der Waals surface area contributed by atoms with Crippen molar-refractivity contribution in [2.24, 2.45) is 11.8 Å². The molecule has 1 unspecified atom stereocenters. The van der Waals surface area contributed by atoms with Crippen molar-refractivity contribution in [3.05, 3.63) is 34.3 Å². The number of hydrogen-bond donors (Lipinski definition) is 1. The van der Waals surface area contributed by atoms with E-state index in [0.29, 0.717) is 11.8 Å². The van der Waals surface area contributed by atoms with Crippen molar-refractivity contribution in [3.8, 4) is 0 Å². The van der Waals surface area contributed by atoms with Crippen LogP contribution >= 0.6 is 15.9 Å². The molecular weight excluding hydrogens is 298 g/mol. The summed E-state index contributed by atoms with van der Waals surface area (Å²) in [4.78, 5) is 0. The van der Waals surface area contributed by atoms with Crippen molar-refractivity contribution in [1.82, 2.24) is 5.32 Å². The fourth-order valence-electron chi connectivity index (χ4n) is 2.68. The maximum absolute atomic E-state index is 3.64. The van der Waals surface area contributed by atoms with Crippen LogP contribution in [0.4, 0.5) is 0 Å². The van der Waals surface area contributed by atoms with E-state index >= 15 is 0 Å². The highest BCUT2D eigenvalue weighted by Crippen LogP contribution is 2.30. The van der Waals surface area contributed by atoms with Crippen LogP contribution in [-0.2, 0) is 0 Å². The first kappa shape index (κ1) is 16.7. The van der Waals surface area contributed by atoms with E-state index in [-0.39, 0.29) is 0 Å². The Balaban J connectivity index is 2.79. The highest BCUT2D eigenvalue weighted by molar-refractivity contribution is 9.10. The van der Waals surface area contributed by atoms with Gasteiger partial charge >= 0.3 is 0 Å². The van der Waals surface area contributed by atoms with Crippen LogP contribution in [0, 0.1) is 11.8 Å². The molecule has 1 aromatic carbocycles. The molecule has 19 heavy (non-hydrogen) atoms. The topological polar surface area (TPSA) is 12.0 Å². The van der Waals surface area contributed by atoms with Crippen LogP contribution in [0.25, 0.3) is 0 Å². The second-order valence-electron chi connectivity index (χ2n) is 5.79. The minimum Gasteiger partial charge on any atom is -0.316 e. The number of nitrogens with one attached hydrogen (secondary N) is 1. The molecule has 1 nitrogen and oxygen atoms in total. The monoisotopic (exact) mass is 325 g/mol. The first-order valence-corrected chi connectivity index (χ1v) is 8.33. The molecule has 0 aliphatic rings. The summed E-state index contributed by atoms with van der Waals surface area (Å²) in [5, 5.41) is 3.64. The molecule has 1 N–H and O–H groups in total. The number of hydrogen-bond acceptors (Lipinski definition) is 1. The highest BCUT2D eigenvalue weighted by atomic mass is 79.9. The lowest BCUT2D eigenvalue weighted by Gasteiger charge is -2.27. The number of benzene rings is 1. The van der Waals surface area contributed by atoms with Crippen LogP contribution in [0.1, 0.15) is 52.0 Å². The molecule has 108 valence electrons. The molecule has 1 atom stereocenters. The van der Waals surface area contributed by atoms with Crippen molar-refractivity contribution in [3.63, 3.8) is 0 Å². The van der Waals surface area contributed by atoms with E-state index in [1.54, 1.807) is 0 Å². The third kappa shape index (κ3) is 5.66. The predicted molar refractivity (Wildman–Crippen MR) is 88.7 cm³/mol. The summed E-state index contributed by atoms with van der Waals surface area (Å²) >= 11 is 3.59. The Morgan fingerprint density at radius 1 is 1.11 bits per heavy atom. The van der Waals surface area contributed by atoms with Gasteiger partial charge in [0, 0.05) is 11.0 Å². The molecule has 0 saturated heterocycles. The Morgan fingerprint density at radius 3 is 2.32 bits per heavy atom. The minimum absolute atomic E-state index is 0.617. The molecule has 0 aliphatic heterocycles. The summed E-state index contributed by atoms with van der Waals surface area (Å²) < 4.78 is 1.19. The zero-order valence-electron chi connectivity index (χ0n) is 12.7.